The van der Waals surface area contributed by atoms with Gasteiger partial charge in [-0.25, -0.2) is 4.98 Å². The van der Waals surface area contributed by atoms with Crippen molar-refractivity contribution in [1.82, 2.24) is 29.6 Å². The highest BCUT2D eigenvalue weighted by Gasteiger charge is 2.55. The molecule has 1 spiro atoms. The predicted octanol–water partition coefficient (Wildman–Crippen LogP) is 4.02. The first-order valence-electron chi connectivity index (χ1n) is 12.4. The standard InChI is InChI=1S/C26H27ClN8/c1-17-23(30-7-6-29-17)34-15-26(16-34)9-19(10-26)24-32-31-22-12-33(14-25(13-28)4-5-25)11-18-8-20(27)2-3-21(18)35(22)24/h2-3,6-8,19H,4-5,9-12,14-16H2,1H3. The lowest BCUT2D eigenvalue weighted by Crippen LogP contribution is -2.62. The number of hydrogen-bond donors (Lipinski definition) is 0. The predicted molar refractivity (Wildman–Crippen MR) is 131 cm³/mol. The summed E-state index contributed by atoms with van der Waals surface area (Å²) < 4.78 is 2.28. The van der Waals surface area contributed by atoms with Crippen LogP contribution in [0.3, 0.4) is 0 Å². The fraction of sp³-hybridized carbons (Fsp3) is 0.500. The Morgan fingerprint density at radius 1 is 1.11 bits per heavy atom. The van der Waals surface area contributed by atoms with Crippen LogP contribution in [0.25, 0.3) is 5.69 Å². The maximum Gasteiger partial charge on any atom is 0.151 e. The van der Waals surface area contributed by atoms with Crippen molar-refractivity contribution in [1.29, 1.82) is 5.26 Å². The van der Waals surface area contributed by atoms with Crippen LogP contribution in [-0.2, 0) is 13.1 Å². The number of fused-ring (bicyclic) bond motifs is 3. The van der Waals surface area contributed by atoms with Gasteiger partial charge in [-0.1, -0.05) is 11.6 Å². The minimum Gasteiger partial charge on any atom is -0.354 e. The van der Waals surface area contributed by atoms with E-state index in [9.17, 15) is 5.26 Å². The number of nitrogens with zero attached hydrogens (tertiary/aromatic N) is 8. The van der Waals surface area contributed by atoms with Gasteiger partial charge >= 0.3 is 0 Å². The van der Waals surface area contributed by atoms with E-state index in [1.54, 1.807) is 12.4 Å². The first kappa shape index (κ1) is 21.3. The number of nitriles is 1. The molecule has 1 aromatic carbocycles. The van der Waals surface area contributed by atoms with Crippen LogP contribution >= 0.6 is 11.6 Å². The lowest BCUT2D eigenvalue weighted by molar-refractivity contribution is 0.0580. The molecule has 0 atom stereocenters. The zero-order chi connectivity index (χ0) is 23.8. The molecular formula is C26H27ClN8. The van der Waals surface area contributed by atoms with Crippen molar-refractivity contribution in [2.75, 3.05) is 24.5 Å². The Morgan fingerprint density at radius 2 is 1.91 bits per heavy atom. The van der Waals surface area contributed by atoms with Gasteiger partial charge in [0, 0.05) is 54.9 Å². The SMILES string of the molecule is Cc1nccnc1N1CC2(CC(c3nnc4n3-c3ccc(Cl)cc3CN(CC3(C#N)CC3)C4)C2)C1. The molecule has 2 aromatic heterocycles. The number of aryl methyl sites for hydroxylation is 1. The second kappa shape index (κ2) is 7.49. The molecule has 4 aliphatic rings. The van der Waals surface area contributed by atoms with Gasteiger partial charge in [-0.05, 0) is 56.4 Å². The summed E-state index contributed by atoms with van der Waals surface area (Å²) in [6.07, 6.45) is 7.72. The smallest absolute Gasteiger partial charge is 0.151 e. The van der Waals surface area contributed by atoms with Gasteiger partial charge in [0.25, 0.3) is 0 Å². The third-order valence-corrected chi connectivity index (χ3v) is 8.58. The van der Waals surface area contributed by atoms with Gasteiger partial charge in [-0.3, -0.25) is 14.5 Å². The molecule has 35 heavy (non-hydrogen) atoms. The van der Waals surface area contributed by atoms with Crippen LogP contribution < -0.4 is 4.90 Å². The van der Waals surface area contributed by atoms with Crippen molar-refractivity contribution in [3.8, 4) is 11.8 Å². The Hall–Kier alpha value is -3.02. The highest BCUT2D eigenvalue weighted by Crippen LogP contribution is 2.57. The summed E-state index contributed by atoms with van der Waals surface area (Å²) in [5.74, 6) is 3.42. The third-order valence-electron chi connectivity index (χ3n) is 8.34. The number of aromatic nitrogens is 5. The van der Waals surface area contributed by atoms with E-state index in [0.29, 0.717) is 17.9 Å². The van der Waals surface area contributed by atoms with Crippen molar-refractivity contribution in [2.24, 2.45) is 10.8 Å². The van der Waals surface area contributed by atoms with Crippen LogP contribution in [0.2, 0.25) is 5.02 Å². The molecule has 2 saturated carbocycles. The molecule has 0 N–H and O–H groups in total. The Balaban J connectivity index is 1.14. The number of halogens is 1. The minimum absolute atomic E-state index is 0.200. The highest BCUT2D eigenvalue weighted by molar-refractivity contribution is 6.30. The average molecular weight is 487 g/mol. The van der Waals surface area contributed by atoms with Crippen molar-refractivity contribution >= 4 is 17.4 Å². The van der Waals surface area contributed by atoms with Crippen LogP contribution in [0.15, 0.2) is 30.6 Å². The van der Waals surface area contributed by atoms with Crippen molar-refractivity contribution in [2.45, 2.75) is 51.6 Å². The third kappa shape index (κ3) is 3.44. The molecule has 1 saturated heterocycles. The van der Waals surface area contributed by atoms with Gasteiger partial charge in [0.15, 0.2) is 5.82 Å². The lowest BCUT2D eigenvalue weighted by atomic mass is 9.57. The van der Waals surface area contributed by atoms with E-state index < -0.39 is 0 Å². The molecular weight excluding hydrogens is 460 g/mol. The van der Waals surface area contributed by atoms with Crippen molar-refractivity contribution in [3.05, 3.63) is 58.5 Å². The zero-order valence-corrected chi connectivity index (χ0v) is 20.5. The van der Waals surface area contributed by atoms with Gasteiger partial charge in [-0.15, -0.1) is 10.2 Å². The molecule has 0 unspecified atom stereocenters. The molecule has 0 bridgehead atoms. The molecule has 2 aliphatic heterocycles. The lowest BCUT2D eigenvalue weighted by Gasteiger charge is -2.59. The molecule has 3 fully saturated rings. The van der Waals surface area contributed by atoms with E-state index in [1.165, 1.54) is 5.56 Å². The van der Waals surface area contributed by atoms with Crippen molar-refractivity contribution in [3.63, 3.8) is 0 Å². The second-order valence-electron chi connectivity index (χ2n) is 11.0. The molecule has 7 rings (SSSR count). The normalized spacial score (nSPS) is 21.9. The molecule has 178 valence electrons. The Bertz CT molecular complexity index is 1360. The minimum atomic E-state index is -0.200. The van der Waals surface area contributed by atoms with Crippen LogP contribution in [-0.4, -0.2) is 49.3 Å². The topological polar surface area (TPSA) is 86.8 Å². The summed E-state index contributed by atoms with van der Waals surface area (Å²) in [5, 5.41) is 19.8. The van der Waals surface area contributed by atoms with E-state index >= 15 is 0 Å². The van der Waals surface area contributed by atoms with Gasteiger partial charge in [-0.2, -0.15) is 5.26 Å². The molecule has 8 nitrogen and oxygen atoms in total. The second-order valence-corrected chi connectivity index (χ2v) is 11.5. The van der Waals surface area contributed by atoms with Crippen LogP contribution in [0, 0.1) is 29.1 Å². The summed E-state index contributed by atoms with van der Waals surface area (Å²) in [6.45, 7) is 6.31. The van der Waals surface area contributed by atoms with Crippen LogP contribution in [0.1, 0.15) is 54.5 Å². The van der Waals surface area contributed by atoms with Gasteiger partial charge in [0.05, 0.1) is 29.4 Å². The zero-order valence-electron chi connectivity index (χ0n) is 19.8. The van der Waals surface area contributed by atoms with E-state index in [-0.39, 0.29) is 5.41 Å². The Kier molecular flexibility index (Phi) is 4.55. The van der Waals surface area contributed by atoms with E-state index in [4.69, 9.17) is 16.7 Å². The Morgan fingerprint density at radius 3 is 2.66 bits per heavy atom. The fourth-order valence-electron chi connectivity index (χ4n) is 6.40. The van der Waals surface area contributed by atoms with Gasteiger partial charge in [0.1, 0.15) is 11.6 Å². The monoisotopic (exact) mass is 486 g/mol. The molecule has 0 radical (unpaired) electrons. The molecule has 3 aromatic rings. The van der Waals surface area contributed by atoms with Gasteiger partial charge < -0.3 is 4.90 Å². The number of rotatable bonds is 4. The summed E-state index contributed by atoms with van der Waals surface area (Å²) in [6, 6.07) is 8.66. The van der Waals surface area contributed by atoms with Crippen molar-refractivity contribution < 1.29 is 0 Å². The first-order valence-corrected chi connectivity index (χ1v) is 12.7. The fourth-order valence-corrected chi connectivity index (χ4v) is 6.60. The van der Waals surface area contributed by atoms with E-state index in [2.05, 4.69) is 47.6 Å². The average Bonchev–Trinajstić information content (AvgIpc) is 3.48. The molecule has 2 aliphatic carbocycles. The van der Waals surface area contributed by atoms with Crippen LogP contribution in [0.5, 0.6) is 0 Å². The largest absolute Gasteiger partial charge is 0.354 e. The number of anilines is 1. The summed E-state index contributed by atoms with van der Waals surface area (Å²) in [7, 11) is 0. The summed E-state index contributed by atoms with van der Waals surface area (Å²) in [4.78, 5) is 13.6. The Labute approximate surface area is 209 Å². The number of benzene rings is 1. The van der Waals surface area contributed by atoms with Gasteiger partial charge in [0.2, 0.25) is 0 Å². The molecule has 4 heterocycles. The molecule has 9 heteroatoms. The van der Waals surface area contributed by atoms with Crippen LogP contribution in [0.4, 0.5) is 5.82 Å². The first-order chi connectivity index (χ1) is 17.0. The van der Waals surface area contributed by atoms with E-state index in [1.807, 2.05) is 13.0 Å². The highest BCUT2D eigenvalue weighted by atomic mass is 35.5. The maximum atomic E-state index is 9.65. The summed E-state index contributed by atoms with van der Waals surface area (Å²) in [5.41, 5.74) is 3.43. The summed E-state index contributed by atoms with van der Waals surface area (Å²) >= 11 is 6.41. The van der Waals surface area contributed by atoms with E-state index in [0.717, 1.165) is 85.7 Å². The number of hydrogen-bond acceptors (Lipinski definition) is 7. The quantitative estimate of drug-likeness (QED) is 0.550. The maximum absolute atomic E-state index is 9.65. The molecule has 0 amide bonds.